The van der Waals surface area contributed by atoms with Gasteiger partial charge >= 0.3 is 0 Å². The summed E-state index contributed by atoms with van der Waals surface area (Å²) >= 11 is 0. The fourth-order valence-corrected chi connectivity index (χ4v) is 4.59. The molecule has 0 bridgehead atoms. The first-order chi connectivity index (χ1) is 14.4. The lowest BCUT2D eigenvalue weighted by molar-refractivity contribution is -0.142. The summed E-state index contributed by atoms with van der Waals surface area (Å²) in [5.41, 5.74) is 1.75. The molecule has 3 amide bonds. The Labute approximate surface area is 177 Å². The Bertz CT molecular complexity index is 946. The number of carbonyl (C=O) groups excluding carboxylic acids is 3. The number of amides is 3. The maximum Gasteiger partial charge on any atom is 0.240 e. The molecule has 2 aromatic rings. The summed E-state index contributed by atoms with van der Waals surface area (Å²) in [6, 6.07) is 17.7. The second-order valence-electron chi connectivity index (χ2n) is 8.70. The number of nitrogens with zero attached hydrogens (tertiary/aromatic N) is 2. The second kappa shape index (κ2) is 8.05. The highest BCUT2D eigenvalue weighted by atomic mass is 16.2. The minimum atomic E-state index is -1.11. The summed E-state index contributed by atoms with van der Waals surface area (Å²) in [5, 5.41) is 0. The molecule has 2 saturated heterocycles. The van der Waals surface area contributed by atoms with Crippen molar-refractivity contribution < 1.29 is 14.4 Å². The normalized spacial score (nSPS) is 22.6. The third kappa shape index (κ3) is 3.64. The monoisotopic (exact) mass is 404 g/mol. The molecule has 0 unspecified atom stereocenters. The van der Waals surface area contributed by atoms with Crippen LogP contribution in [0.25, 0.3) is 11.1 Å². The number of rotatable bonds is 4. The van der Waals surface area contributed by atoms with Crippen molar-refractivity contribution in [2.75, 3.05) is 20.1 Å². The van der Waals surface area contributed by atoms with Crippen LogP contribution in [0.3, 0.4) is 0 Å². The van der Waals surface area contributed by atoms with Gasteiger partial charge in [-0.15, -0.1) is 0 Å². The van der Waals surface area contributed by atoms with Gasteiger partial charge in [0.25, 0.3) is 0 Å². The van der Waals surface area contributed by atoms with E-state index in [1.54, 1.807) is 0 Å². The maximum absolute atomic E-state index is 13.2. The number of benzene rings is 2. The lowest BCUT2D eigenvalue weighted by Gasteiger charge is -2.34. The molecule has 5 heteroatoms. The van der Waals surface area contributed by atoms with E-state index in [2.05, 4.69) is 6.92 Å². The fraction of sp³-hybridized carbons (Fsp3) is 0.400. The molecular weight excluding hydrogens is 376 g/mol. The number of piperidine rings is 1. The van der Waals surface area contributed by atoms with Crippen molar-refractivity contribution >= 4 is 17.7 Å². The summed E-state index contributed by atoms with van der Waals surface area (Å²) in [6.07, 6.45) is 2.05. The van der Waals surface area contributed by atoms with E-state index in [0.29, 0.717) is 5.92 Å². The Balaban J connectivity index is 1.64. The van der Waals surface area contributed by atoms with Crippen molar-refractivity contribution in [3.63, 3.8) is 0 Å². The fourth-order valence-electron chi connectivity index (χ4n) is 4.59. The van der Waals surface area contributed by atoms with Crippen molar-refractivity contribution in [2.24, 2.45) is 5.92 Å². The van der Waals surface area contributed by atoms with Crippen molar-refractivity contribution in [3.8, 4) is 11.1 Å². The molecule has 2 heterocycles. The number of imide groups is 1. The molecule has 0 saturated carbocycles. The molecule has 5 nitrogen and oxygen atoms in total. The molecule has 2 aromatic carbocycles. The van der Waals surface area contributed by atoms with Crippen LogP contribution in [0.2, 0.25) is 0 Å². The number of carbonyl (C=O) groups is 3. The highest BCUT2D eigenvalue weighted by Crippen LogP contribution is 2.40. The van der Waals surface area contributed by atoms with E-state index in [1.165, 1.54) is 11.9 Å². The lowest BCUT2D eigenvalue weighted by Crippen LogP contribution is -2.44. The minimum Gasteiger partial charge on any atom is -0.343 e. The number of hydrogen-bond acceptors (Lipinski definition) is 3. The largest absolute Gasteiger partial charge is 0.343 e. The molecule has 2 aliphatic rings. The van der Waals surface area contributed by atoms with Crippen molar-refractivity contribution in [1.82, 2.24) is 9.80 Å². The summed E-state index contributed by atoms with van der Waals surface area (Å²) in [5.74, 6) is 0.0748. The van der Waals surface area contributed by atoms with Crippen LogP contribution >= 0.6 is 0 Å². The topological polar surface area (TPSA) is 57.7 Å². The molecule has 0 radical (unpaired) electrons. The zero-order valence-electron chi connectivity index (χ0n) is 17.6. The first kappa shape index (κ1) is 20.3. The first-order valence-corrected chi connectivity index (χ1v) is 10.7. The summed E-state index contributed by atoms with van der Waals surface area (Å²) in [6.45, 7) is 3.65. The average Bonchev–Trinajstić information content (AvgIpc) is 2.99. The Morgan fingerprint density at radius 1 is 0.967 bits per heavy atom. The van der Waals surface area contributed by atoms with E-state index in [-0.39, 0.29) is 30.6 Å². The molecule has 2 aliphatic heterocycles. The van der Waals surface area contributed by atoms with Crippen molar-refractivity contribution in [2.45, 2.75) is 38.0 Å². The molecule has 0 N–H and O–H groups in total. The van der Waals surface area contributed by atoms with Gasteiger partial charge in [0.2, 0.25) is 17.7 Å². The lowest BCUT2D eigenvalue weighted by atomic mass is 9.75. The van der Waals surface area contributed by atoms with Crippen LogP contribution in [0.5, 0.6) is 0 Å². The molecule has 0 aliphatic carbocycles. The Kier molecular flexibility index (Phi) is 5.46. The van der Waals surface area contributed by atoms with Gasteiger partial charge in [-0.1, -0.05) is 61.5 Å². The predicted molar refractivity (Wildman–Crippen MR) is 116 cm³/mol. The quantitative estimate of drug-likeness (QED) is 0.731. The predicted octanol–water partition coefficient (Wildman–Crippen LogP) is 3.63. The Hall–Kier alpha value is -2.95. The summed E-state index contributed by atoms with van der Waals surface area (Å²) < 4.78 is 0. The van der Waals surface area contributed by atoms with E-state index in [0.717, 1.165) is 42.6 Å². The van der Waals surface area contributed by atoms with Crippen LogP contribution in [-0.4, -0.2) is 47.7 Å². The van der Waals surface area contributed by atoms with E-state index in [4.69, 9.17) is 0 Å². The van der Waals surface area contributed by atoms with Crippen LogP contribution < -0.4 is 0 Å². The van der Waals surface area contributed by atoms with Gasteiger partial charge in [-0.3, -0.25) is 19.3 Å². The molecule has 30 heavy (non-hydrogen) atoms. The van der Waals surface area contributed by atoms with Crippen LogP contribution in [0.4, 0.5) is 0 Å². The van der Waals surface area contributed by atoms with E-state index in [1.807, 2.05) is 59.5 Å². The van der Waals surface area contributed by atoms with Crippen molar-refractivity contribution in [1.29, 1.82) is 0 Å². The van der Waals surface area contributed by atoms with Crippen LogP contribution in [0, 0.1) is 5.92 Å². The van der Waals surface area contributed by atoms with Crippen LogP contribution in [-0.2, 0) is 19.8 Å². The molecule has 0 aromatic heterocycles. The van der Waals surface area contributed by atoms with Gasteiger partial charge in [-0.05, 0) is 35.4 Å². The third-order valence-electron chi connectivity index (χ3n) is 6.68. The summed E-state index contributed by atoms with van der Waals surface area (Å²) in [4.78, 5) is 41.8. The zero-order valence-corrected chi connectivity index (χ0v) is 17.6. The molecule has 156 valence electrons. The standard InChI is InChI=1S/C25H28N2O3/c1-18-12-14-27(15-13-18)23(29)17-25(16-22(28)26(2)24(25)30)21-10-8-20(9-11-21)19-6-4-3-5-7-19/h3-11,18H,12-17H2,1-2H3/t25-/m0/s1. The molecular formula is C25H28N2O3. The summed E-state index contributed by atoms with van der Waals surface area (Å²) in [7, 11) is 1.51. The van der Waals surface area contributed by atoms with Gasteiger partial charge in [0.05, 0.1) is 5.41 Å². The highest BCUT2D eigenvalue weighted by Gasteiger charge is 2.53. The highest BCUT2D eigenvalue weighted by molar-refractivity contribution is 6.10. The van der Waals surface area contributed by atoms with E-state index in [9.17, 15) is 14.4 Å². The van der Waals surface area contributed by atoms with Gasteiger partial charge in [0.15, 0.2) is 0 Å². The molecule has 4 rings (SSSR count). The third-order valence-corrected chi connectivity index (χ3v) is 6.68. The zero-order chi connectivity index (χ0) is 21.3. The maximum atomic E-state index is 13.2. The first-order valence-electron chi connectivity index (χ1n) is 10.7. The van der Waals surface area contributed by atoms with Gasteiger partial charge in [0.1, 0.15) is 0 Å². The van der Waals surface area contributed by atoms with E-state index < -0.39 is 5.41 Å². The van der Waals surface area contributed by atoms with Gasteiger partial charge in [-0.25, -0.2) is 0 Å². The number of likely N-dealkylation sites (N-methyl/N-ethyl adjacent to an activating group) is 1. The smallest absolute Gasteiger partial charge is 0.240 e. The number of likely N-dealkylation sites (tertiary alicyclic amines) is 2. The van der Waals surface area contributed by atoms with E-state index >= 15 is 0 Å². The van der Waals surface area contributed by atoms with Gasteiger partial charge in [0, 0.05) is 33.0 Å². The van der Waals surface area contributed by atoms with Crippen molar-refractivity contribution in [3.05, 3.63) is 60.2 Å². The SMILES string of the molecule is CC1CCN(C(=O)C[C@]2(c3ccc(-c4ccccc4)cc3)CC(=O)N(C)C2=O)CC1. The minimum absolute atomic E-state index is 0.0366. The van der Waals surface area contributed by atoms with Gasteiger partial charge in [-0.2, -0.15) is 0 Å². The number of hydrogen-bond donors (Lipinski definition) is 0. The van der Waals surface area contributed by atoms with Gasteiger partial charge < -0.3 is 4.90 Å². The molecule has 2 fully saturated rings. The average molecular weight is 405 g/mol. The van der Waals surface area contributed by atoms with Crippen LogP contribution in [0.1, 0.15) is 38.2 Å². The Morgan fingerprint density at radius 3 is 2.13 bits per heavy atom. The van der Waals surface area contributed by atoms with Crippen LogP contribution in [0.15, 0.2) is 54.6 Å². The molecule has 0 spiro atoms. The molecule has 1 atom stereocenters. The second-order valence-corrected chi connectivity index (χ2v) is 8.70. The Morgan fingerprint density at radius 2 is 1.57 bits per heavy atom.